The predicted octanol–water partition coefficient (Wildman–Crippen LogP) is 3.72. The Hall–Kier alpha value is -0.300. The fourth-order valence-electron chi connectivity index (χ4n) is 1.18. The average Bonchev–Trinajstić information content (AvgIpc) is 2.10. The highest BCUT2D eigenvalue weighted by Gasteiger charge is 1.88. The number of unbranched alkanes of at least 4 members (excludes halogenated alkanes) is 5. The molecule has 1 nitrogen and oxygen atoms in total. The van der Waals surface area contributed by atoms with Gasteiger partial charge in [-0.05, 0) is 25.7 Å². The summed E-state index contributed by atoms with van der Waals surface area (Å²) in [5.74, 6) is 0. The lowest BCUT2D eigenvalue weighted by Gasteiger charge is -1.96. The molecule has 0 spiro atoms. The first-order valence-corrected chi connectivity index (χ1v) is 5.15. The summed E-state index contributed by atoms with van der Waals surface area (Å²) in [5.41, 5.74) is 0. The van der Waals surface area contributed by atoms with E-state index in [1.807, 2.05) is 0 Å². The summed E-state index contributed by atoms with van der Waals surface area (Å²) in [6.07, 6.45) is 12.6. The van der Waals surface area contributed by atoms with Crippen LogP contribution in [0.5, 0.6) is 0 Å². The van der Waals surface area contributed by atoms with E-state index >= 15 is 0 Å². The van der Waals surface area contributed by atoms with Gasteiger partial charge in [-0.25, -0.2) is 5.11 Å². The highest BCUT2D eigenvalue weighted by Crippen LogP contribution is 2.05. The van der Waals surface area contributed by atoms with E-state index in [4.69, 9.17) is 0 Å². The summed E-state index contributed by atoms with van der Waals surface area (Å²) in [6, 6.07) is 0. The van der Waals surface area contributed by atoms with E-state index in [1.165, 1.54) is 25.7 Å². The quantitative estimate of drug-likeness (QED) is 0.390. The van der Waals surface area contributed by atoms with Crippen molar-refractivity contribution in [1.29, 1.82) is 0 Å². The largest absolute Gasteiger partial charge is 0.237 e. The molecule has 0 aromatic rings. The monoisotopic (exact) mass is 169 g/mol. The second-order valence-electron chi connectivity index (χ2n) is 3.14. The van der Waals surface area contributed by atoms with E-state index in [2.05, 4.69) is 19.1 Å². The molecule has 0 fully saturated rings. The summed E-state index contributed by atoms with van der Waals surface area (Å²) in [6.45, 7) is 2.26. The lowest BCUT2D eigenvalue weighted by atomic mass is 10.1. The minimum absolute atomic E-state index is 0.107. The lowest BCUT2D eigenvalue weighted by molar-refractivity contribution is 0.186. The van der Waals surface area contributed by atoms with Crippen LogP contribution in [0.15, 0.2) is 12.2 Å². The van der Waals surface area contributed by atoms with Crippen molar-refractivity contribution in [3.63, 3.8) is 0 Å². The van der Waals surface area contributed by atoms with Crippen LogP contribution in [0.25, 0.3) is 0 Å². The topological polar surface area (TPSA) is 19.9 Å². The van der Waals surface area contributed by atoms with E-state index in [1.54, 1.807) is 0 Å². The Bertz CT molecular complexity index is 97.2. The van der Waals surface area contributed by atoms with Crippen LogP contribution in [0.3, 0.4) is 0 Å². The van der Waals surface area contributed by atoms with Crippen molar-refractivity contribution in [2.24, 2.45) is 0 Å². The van der Waals surface area contributed by atoms with Gasteiger partial charge in [0.25, 0.3) is 0 Å². The number of rotatable bonds is 8. The van der Waals surface area contributed by atoms with Gasteiger partial charge in [-0.3, -0.25) is 0 Å². The molecule has 0 saturated heterocycles. The minimum Gasteiger partial charge on any atom is -0.237 e. The number of allylic oxidation sites excluding steroid dienone is 2. The smallest absolute Gasteiger partial charge is 0.0822 e. The maximum Gasteiger partial charge on any atom is 0.0822 e. The van der Waals surface area contributed by atoms with Crippen molar-refractivity contribution in [3.05, 3.63) is 12.2 Å². The summed E-state index contributed by atoms with van der Waals surface area (Å²) in [4.78, 5) is 0. The molecule has 0 aliphatic rings. The van der Waals surface area contributed by atoms with Gasteiger partial charge in [0.1, 0.15) is 0 Å². The molecule has 0 amide bonds. The Morgan fingerprint density at radius 3 is 2.25 bits per heavy atom. The summed E-state index contributed by atoms with van der Waals surface area (Å²) in [5, 5.41) is 10.1. The van der Waals surface area contributed by atoms with Gasteiger partial charge in [0.05, 0.1) is 6.61 Å². The molecule has 12 heavy (non-hydrogen) atoms. The second kappa shape index (κ2) is 10.7. The summed E-state index contributed by atoms with van der Waals surface area (Å²) >= 11 is 0. The first kappa shape index (κ1) is 11.7. The Labute approximate surface area is 76.5 Å². The van der Waals surface area contributed by atoms with Gasteiger partial charge < -0.3 is 0 Å². The molecule has 0 aromatic carbocycles. The summed E-state index contributed by atoms with van der Waals surface area (Å²) < 4.78 is 0. The van der Waals surface area contributed by atoms with Gasteiger partial charge in [-0.2, -0.15) is 0 Å². The molecule has 0 heterocycles. The molecule has 71 valence electrons. The van der Waals surface area contributed by atoms with Crippen molar-refractivity contribution in [3.8, 4) is 0 Å². The highest BCUT2D eigenvalue weighted by molar-refractivity contribution is 4.79. The van der Waals surface area contributed by atoms with Crippen LogP contribution in [0.4, 0.5) is 0 Å². The molecule has 1 radical (unpaired) electrons. The van der Waals surface area contributed by atoms with Crippen molar-refractivity contribution < 1.29 is 5.11 Å². The van der Waals surface area contributed by atoms with Crippen LogP contribution in [0.1, 0.15) is 51.9 Å². The fraction of sp³-hybridized carbons (Fsp3) is 0.818. The Morgan fingerprint density at radius 2 is 1.58 bits per heavy atom. The van der Waals surface area contributed by atoms with Crippen LogP contribution in [0, 0.1) is 0 Å². The van der Waals surface area contributed by atoms with Crippen molar-refractivity contribution in [2.45, 2.75) is 51.9 Å². The normalized spacial score (nSPS) is 11.2. The van der Waals surface area contributed by atoms with Crippen LogP contribution < -0.4 is 0 Å². The number of hydrogen-bond donors (Lipinski definition) is 0. The van der Waals surface area contributed by atoms with Crippen molar-refractivity contribution in [2.75, 3.05) is 6.61 Å². The molecule has 0 N–H and O–H groups in total. The lowest BCUT2D eigenvalue weighted by Crippen LogP contribution is -1.81. The zero-order valence-corrected chi connectivity index (χ0v) is 8.22. The van der Waals surface area contributed by atoms with Gasteiger partial charge in [-0.15, -0.1) is 0 Å². The van der Waals surface area contributed by atoms with E-state index in [9.17, 15) is 5.11 Å². The minimum atomic E-state index is 0.107. The van der Waals surface area contributed by atoms with Crippen LogP contribution in [0.2, 0.25) is 0 Å². The molecule has 0 saturated carbocycles. The first-order chi connectivity index (χ1) is 5.91. The molecular weight excluding hydrogens is 148 g/mol. The standard InChI is InChI=1S/C11H21O/c1-2-3-4-5-6-7-8-9-10-11-12/h3-4H,2,5-11H2,1H3/b4-3+. The molecule has 0 bridgehead atoms. The highest BCUT2D eigenvalue weighted by atomic mass is 16.2. The van der Waals surface area contributed by atoms with Gasteiger partial charge in [0.15, 0.2) is 0 Å². The molecule has 0 rings (SSSR count). The van der Waals surface area contributed by atoms with Crippen molar-refractivity contribution >= 4 is 0 Å². The maximum absolute atomic E-state index is 10.1. The molecule has 0 atom stereocenters. The third kappa shape index (κ3) is 9.70. The van der Waals surface area contributed by atoms with E-state index in [0.717, 1.165) is 19.3 Å². The molecule has 1 heteroatoms. The van der Waals surface area contributed by atoms with Gasteiger partial charge in [-0.1, -0.05) is 38.3 Å². The predicted molar refractivity (Wildman–Crippen MR) is 52.7 cm³/mol. The fourth-order valence-corrected chi connectivity index (χ4v) is 1.18. The van der Waals surface area contributed by atoms with Crippen LogP contribution in [-0.2, 0) is 5.11 Å². The second-order valence-corrected chi connectivity index (χ2v) is 3.14. The average molecular weight is 169 g/mol. The number of hydrogen-bond acceptors (Lipinski definition) is 0. The Kier molecular flexibility index (Phi) is 10.4. The molecular formula is C11H21O. The zero-order chi connectivity index (χ0) is 9.07. The van der Waals surface area contributed by atoms with Gasteiger partial charge in [0.2, 0.25) is 0 Å². The van der Waals surface area contributed by atoms with Crippen LogP contribution >= 0.6 is 0 Å². The molecule has 0 aromatic heterocycles. The summed E-state index contributed by atoms with van der Waals surface area (Å²) in [7, 11) is 0. The van der Waals surface area contributed by atoms with Gasteiger partial charge >= 0.3 is 0 Å². The molecule has 0 aliphatic heterocycles. The third-order valence-electron chi connectivity index (χ3n) is 1.92. The van der Waals surface area contributed by atoms with Gasteiger partial charge in [0, 0.05) is 0 Å². The Morgan fingerprint density at radius 1 is 0.917 bits per heavy atom. The van der Waals surface area contributed by atoms with Crippen molar-refractivity contribution in [1.82, 2.24) is 0 Å². The van der Waals surface area contributed by atoms with Crippen LogP contribution in [-0.4, -0.2) is 6.61 Å². The van der Waals surface area contributed by atoms with E-state index in [0.29, 0.717) is 0 Å². The SMILES string of the molecule is CC/C=C/CCCCCCC[O]. The molecule has 0 aliphatic carbocycles. The Balaban J connectivity index is 2.86. The van der Waals surface area contributed by atoms with E-state index < -0.39 is 0 Å². The van der Waals surface area contributed by atoms with E-state index in [-0.39, 0.29) is 6.61 Å². The third-order valence-corrected chi connectivity index (χ3v) is 1.92. The first-order valence-electron chi connectivity index (χ1n) is 5.15. The maximum atomic E-state index is 10.1. The molecule has 0 unspecified atom stereocenters. The zero-order valence-electron chi connectivity index (χ0n) is 8.22.